The molecule has 0 saturated carbocycles. The number of nitrogens with zero attached hydrogens (tertiary/aromatic N) is 4. The Balaban J connectivity index is 1.44. The van der Waals surface area contributed by atoms with E-state index in [1.807, 2.05) is 44.0 Å². The Labute approximate surface area is 203 Å². The largest absolute Gasteiger partial charge is 0.611 e. The summed E-state index contributed by atoms with van der Waals surface area (Å²) in [5.41, 5.74) is 2.48. The van der Waals surface area contributed by atoms with E-state index in [1.54, 1.807) is 0 Å². The summed E-state index contributed by atoms with van der Waals surface area (Å²) in [6, 6.07) is 7.76. The molecule has 3 aliphatic heterocycles. The van der Waals surface area contributed by atoms with E-state index in [9.17, 15) is 14.5 Å². The van der Waals surface area contributed by atoms with E-state index in [0.717, 1.165) is 29.8 Å². The normalized spacial score (nSPS) is 21.9. The molecule has 5 rings (SSSR count). The van der Waals surface area contributed by atoms with Crippen LogP contribution >= 0.6 is 0 Å². The van der Waals surface area contributed by atoms with Crippen molar-refractivity contribution in [1.29, 1.82) is 0 Å². The fourth-order valence-electron chi connectivity index (χ4n) is 5.28. The summed E-state index contributed by atoms with van der Waals surface area (Å²) in [5, 5.41) is 16.2. The Morgan fingerprint density at radius 2 is 2.00 bits per heavy atom. The Morgan fingerprint density at radius 1 is 1.26 bits per heavy atom. The van der Waals surface area contributed by atoms with Crippen molar-refractivity contribution in [3.8, 4) is 0 Å². The maximum absolute atomic E-state index is 12.7. The first kappa shape index (κ1) is 23.2. The van der Waals surface area contributed by atoms with Gasteiger partial charge in [-0.3, -0.25) is 0 Å². The van der Waals surface area contributed by atoms with Crippen LogP contribution in [0.4, 0.5) is 22.2 Å². The van der Waals surface area contributed by atoms with Crippen molar-refractivity contribution in [2.45, 2.75) is 49.6 Å². The van der Waals surface area contributed by atoms with E-state index in [1.165, 1.54) is 0 Å². The number of carbonyl (C=O) groups excluding carboxylic acids is 1. The highest BCUT2D eigenvalue weighted by Gasteiger charge is 2.46. The highest BCUT2D eigenvalue weighted by atomic mass is 32.2. The molecule has 4 heterocycles. The molecule has 3 N–H and O–H groups in total. The van der Waals surface area contributed by atoms with E-state index in [0.29, 0.717) is 41.9 Å². The van der Waals surface area contributed by atoms with Crippen LogP contribution < -0.4 is 15.5 Å². The van der Waals surface area contributed by atoms with Crippen LogP contribution in [-0.4, -0.2) is 69.1 Å². The third-order valence-electron chi connectivity index (χ3n) is 7.49. The van der Waals surface area contributed by atoms with Gasteiger partial charge < -0.3 is 30.1 Å². The molecule has 2 atom stereocenters. The van der Waals surface area contributed by atoms with Gasteiger partial charge in [0.05, 0.1) is 18.2 Å². The van der Waals surface area contributed by atoms with Gasteiger partial charge in [0.25, 0.3) is 0 Å². The molecule has 0 bridgehead atoms. The second kappa shape index (κ2) is 8.90. The van der Waals surface area contributed by atoms with Crippen LogP contribution in [0, 0.1) is 5.92 Å². The van der Waals surface area contributed by atoms with Crippen molar-refractivity contribution in [3.05, 3.63) is 35.5 Å². The molecule has 34 heavy (non-hydrogen) atoms. The molecule has 1 saturated heterocycles. The Hall–Kier alpha value is -2.56. The number of aryl methyl sites for hydroxylation is 1. The number of para-hydroxylation sites is 1. The minimum absolute atomic E-state index is 0.0293. The van der Waals surface area contributed by atoms with Crippen LogP contribution in [0.1, 0.15) is 37.9 Å². The van der Waals surface area contributed by atoms with Crippen molar-refractivity contribution in [3.63, 3.8) is 0 Å². The fraction of sp³-hybridized carbons (Fsp3) is 0.542. The number of aliphatic hydroxyl groups excluding tert-OH is 1. The van der Waals surface area contributed by atoms with Gasteiger partial charge in [0.15, 0.2) is 5.82 Å². The number of urea groups is 1. The number of nitrogens with one attached hydrogen (secondary N) is 2. The first-order valence-corrected chi connectivity index (χ1v) is 13.2. The second-order valence-electron chi connectivity index (χ2n) is 9.68. The predicted octanol–water partition coefficient (Wildman–Crippen LogP) is 2.54. The number of aliphatic hydroxyl groups is 1. The summed E-state index contributed by atoms with van der Waals surface area (Å²) in [6.07, 6.45) is 2.17. The average molecular weight is 485 g/mol. The fourth-order valence-corrected chi connectivity index (χ4v) is 6.59. The third kappa shape index (κ3) is 3.77. The summed E-state index contributed by atoms with van der Waals surface area (Å²) in [6.45, 7) is 5.43. The van der Waals surface area contributed by atoms with Crippen molar-refractivity contribution in [1.82, 2.24) is 14.9 Å². The number of aromatic nitrogens is 2. The van der Waals surface area contributed by atoms with E-state index < -0.39 is 11.2 Å². The minimum atomic E-state index is -1.14. The van der Waals surface area contributed by atoms with E-state index in [-0.39, 0.29) is 30.1 Å². The van der Waals surface area contributed by atoms with E-state index >= 15 is 0 Å². The van der Waals surface area contributed by atoms with Gasteiger partial charge in [-0.05, 0) is 36.0 Å². The monoisotopic (exact) mass is 484 g/mol. The van der Waals surface area contributed by atoms with Gasteiger partial charge in [-0.2, -0.15) is 4.98 Å². The van der Waals surface area contributed by atoms with Gasteiger partial charge in [-0.25, -0.2) is 9.78 Å². The molecule has 1 unspecified atom stereocenters. The molecular weight excluding hydrogens is 452 g/mol. The first-order valence-electron chi connectivity index (χ1n) is 11.9. The van der Waals surface area contributed by atoms with Crippen LogP contribution in [0.5, 0.6) is 0 Å². The Bertz CT molecular complexity index is 1090. The zero-order chi connectivity index (χ0) is 24.0. The summed E-state index contributed by atoms with van der Waals surface area (Å²) < 4.78 is 12.7. The smallest absolute Gasteiger partial charge is 0.322 e. The van der Waals surface area contributed by atoms with Crippen molar-refractivity contribution < 1.29 is 14.5 Å². The molecule has 1 aromatic carbocycles. The van der Waals surface area contributed by atoms with Gasteiger partial charge in [-0.1, -0.05) is 32.0 Å². The van der Waals surface area contributed by atoms with Crippen LogP contribution in [0.15, 0.2) is 29.2 Å². The summed E-state index contributed by atoms with van der Waals surface area (Å²) in [4.78, 5) is 27.0. The number of fused-ring (bicyclic) bond motifs is 3. The molecule has 182 valence electrons. The number of hydrogen-bond donors (Lipinski definition) is 3. The molecule has 2 aromatic rings. The van der Waals surface area contributed by atoms with Crippen LogP contribution in [0.2, 0.25) is 0 Å². The number of amides is 2. The maximum Gasteiger partial charge on any atom is 0.322 e. The standard InChI is InChI=1S/C24H32N6O3S/c1-15(2)19(14-31)25-21-20-18(8-13-34(20)33)26-22(28-21)30-11-9-24(10-12-30)16-6-4-5-7-17(16)27-23(32)29(24)3/h4-7,15,19,31H,8-14H2,1-3H3,(H,27,32)(H,25,26,28)/t19-,34?/m0/s1. The van der Waals surface area contributed by atoms with Crippen LogP contribution in [-0.2, 0) is 23.1 Å². The molecule has 3 aliphatic rings. The molecule has 1 aromatic heterocycles. The lowest BCUT2D eigenvalue weighted by Gasteiger charge is -2.50. The van der Waals surface area contributed by atoms with Gasteiger partial charge in [0, 0.05) is 37.8 Å². The number of piperidine rings is 1. The van der Waals surface area contributed by atoms with Gasteiger partial charge >= 0.3 is 6.03 Å². The lowest BCUT2D eigenvalue weighted by atomic mass is 9.77. The summed E-state index contributed by atoms with van der Waals surface area (Å²) in [7, 11) is 1.87. The molecular formula is C24H32N6O3S. The molecule has 10 heteroatoms. The highest BCUT2D eigenvalue weighted by molar-refractivity contribution is 7.91. The Kier molecular flexibility index (Phi) is 6.07. The SMILES string of the molecule is CC(C)[C@H](CO)Nc1nc(N2CCC3(CC2)c2ccccc2NC(=O)N3C)nc2c1[S+]([O-])CC2. The number of anilines is 3. The zero-order valence-corrected chi connectivity index (χ0v) is 20.7. The number of rotatable bonds is 5. The topological polar surface area (TPSA) is 117 Å². The van der Waals surface area contributed by atoms with Crippen molar-refractivity contribution in [2.24, 2.45) is 5.92 Å². The average Bonchev–Trinajstić information content (AvgIpc) is 3.22. The number of hydrogen-bond acceptors (Lipinski definition) is 7. The predicted molar refractivity (Wildman–Crippen MR) is 133 cm³/mol. The molecule has 1 fully saturated rings. The summed E-state index contributed by atoms with van der Waals surface area (Å²) in [5.74, 6) is 1.93. The molecule has 2 amide bonds. The molecule has 0 aliphatic carbocycles. The van der Waals surface area contributed by atoms with E-state index in [4.69, 9.17) is 9.97 Å². The second-order valence-corrected chi connectivity index (χ2v) is 11.2. The molecule has 9 nitrogen and oxygen atoms in total. The number of benzene rings is 1. The van der Waals surface area contributed by atoms with Crippen molar-refractivity contribution >= 4 is 34.7 Å². The maximum atomic E-state index is 12.7. The molecule has 1 spiro atoms. The highest BCUT2D eigenvalue weighted by Crippen LogP contribution is 2.45. The quantitative estimate of drug-likeness (QED) is 0.559. The van der Waals surface area contributed by atoms with Gasteiger partial charge in [-0.15, -0.1) is 0 Å². The van der Waals surface area contributed by atoms with Crippen LogP contribution in [0.25, 0.3) is 0 Å². The lowest BCUT2D eigenvalue weighted by Crippen LogP contribution is -2.57. The van der Waals surface area contributed by atoms with Gasteiger partial charge in [0.2, 0.25) is 10.8 Å². The third-order valence-corrected chi connectivity index (χ3v) is 8.95. The zero-order valence-electron chi connectivity index (χ0n) is 19.9. The molecule has 0 radical (unpaired) electrons. The summed E-state index contributed by atoms with van der Waals surface area (Å²) >= 11 is -1.14. The van der Waals surface area contributed by atoms with Gasteiger partial charge in [0.1, 0.15) is 11.4 Å². The van der Waals surface area contributed by atoms with Crippen molar-refractivity contribution in [2.75, 3.05) is 48.0 Å². The minimum Gasteiger partial charge on any atom is -0.611 e. The first-order chi connectivity index (χ1) is 16.3. The van der Waals surface area contributed by atoms with Crippen LogP contribution in [0.3, 0.4) is 0 Å². The van der Waals surface area contributed by atoms with E-state index in [2.05, 4.69) is 21.6 Å². The lowest BCUT2D eigenvalue weighted by molar-refractivity contribution is 0.113. The Morgan fingerprint density at radius 3 is 2.71 bits per heavy atom. The number of carbonyl (C=O) groups is 1.